The molecule has 0 bridgehead atoms. The fraction of sp³-hybridized carbons (Fsp3) is 0.312. The third-order valence-electron chi connectivity index (χ3n) is 3.75. The zero-order valence-electron chi connectivity index (χ0n) is 12.1. The van der Waals surface area contributed by atoms with E-state index in [1.807, 2.05) is 30.3 Å². The van der Waals surface area contributed by atoms with Gasteiger partial charge in [0.05, 0.1) is 5.52 Å². The summed E-state index contributed by atoms with van der Waals surface area (Å²) >= 11 is 0. The fourth-order valence-corrected chi connectivity index (χ4v) is 2.46. The number of fused-ring (bicyclic) bond motifs is 1. The second-order valence-electron chi connectivity index (χ2n) is 5.17. The van der Waals surface area contributed by atoms with Gasteiger partial charge in [-0.05, 0) is 24.3 Å². The average molecular weight is 299 g/mol. The van der Waals surface area contributed by atoms with Crippen LogP contribution in [-0.2, 0) is 9.59 Å². The van der Waals surface area contributed by atoms with Crippen molar-refractivity contribution in [3.05, 3.63) is 36.5 Å². The molecule has 1 saturated heterocycles. The number of piperazine rings is 1. The van der Waals surface area contributed by atoms with E-state index in [2.05, 4.69) is 4.98 Å². The van der Waals surface area contributed by atoms with Crippen molar-refractivity contribution in [3.63, 3.8) is 0 Å². The first-order chi connectivity index (χ1) is 10.8. The molecule has 1 aliphatic rings. The topological polar surface area (TPSA) is 62.7 Å². The predicted molar refractivity (Wildman–Crippen MR) is 81.5 cm³/mol. The van der Waals surface area contributed by atoms with Crippen LogP contribution in [-0.4, -0.2) is 59.9 Å². The van der Waals surface area contributed by atoms with Gasteiger partial charge in [-0.15, -0.1) is 0 Å². The van der Waals surface area contributed by atoms with Gasteiger partial charge in [-0.2, -0.15) is 0 Å². The Bertz CT molecular complexity index is 681. The van der Waals surface area contributed by atoms with Crippen molar-refractivity contribution < 1.29 is 14.3 Å². The minimum absolute atomic E-state index is 0.00680. The molecule has 0 N–H and O–H groups in total. The quantitative estimate of drug-likeness (QED) is 0.787. The highest BCUT2D eigenvalue weighted by Crippen LogP contribution is 2.19. The van der Waals surface area contributed by atoms with Gasteiger partial charge in [0.1, 0.15) is 5.75 Å². The van der Waals surface area contributed by atoms with Crippen molar-refractivity contribution in [2.45, 2.75) is 0 Å². The lowest BCUT2D eigenvalue weighted by molar-refractivity contribution is -0.137. The van der Waals surface area contributed by atoms with E-state index in [4.69, 9.17) is 4.74 Å². The van der Waals surface area contributed by atoms with Crippen LogP contribution >= 0.6 is 0 Å². The number of benzene rings is 1. The first-order valence-electron chi connectivity index (χ1n) is 7.21. The Morgan fingerprint density at radius 2 is 2.05 bits per heavy atom. The Morgan fingerprint density at radius 3 is 2.82 bits per heavy atom. The number of hydrogen-bond acceptors (Lipinski definition) is 4. The van der Waals surface area contributed by atoms with Gasteiger partial charge < -0.3 is 14.5 Å². The molecular formula is C16H17N3O3. The summed E-state index contributed by atoms with van der Waals surface area (Å²) in [6, 6.07) is 9.38. The van der Waals surface area contributed by atoms with Gasteiger partial charge in [-0.1, -0.05) is 6.07 Å². The molecule has 2 heterocycles. The van der Waals surface area contributed by atoms with E-state index >= 15 is 0 Å². The summed E-state index contributed by atoms with van der Waals surface area (Å²) in [5.74, 6) is 0.595. The molecule has 22 heavy (non-hydrogen) atoms. The molecule has 114 valence electrons. The van der Waals surface area contributed by atoms with Gasteiger partial charge in [0.15, 0.2) is 6.61 Å². The van der Waals surface area contributed by atoms with E-state index in [-0.39, 0.29) is 12.5 Å². The monoisotopic (exact) mass is 299 g/mol. The number of carbonyl (C=O) groups excluding carboxylic acids is 2. The van der Waals surface area contributed by atoms with E-state index in [0.717, 1.165) is 17.3 Å². The summed E-state index contributed by atoms with van der Waals surface area (Å²) < 4.78 is 5.58. The maximum absolute atomic E-state index is 12.1. The van der Waals surface area contributed by atoms with Crippen molar-refractivity contribution >= 4 is 23.2 Å². The molecule has 2 amide bonds. The number of amides is 2. The molecule has 0 saturated carbocycles. The highest BCUT2D eigenvalue weighted by molar-refractivity contribution is 5.80. The lowest BCUT2D eigenvalue weighted by Gasteiger charge is -2.32. The number of rotatable bonds is 4. The molecule has 0 aliphatic carbocycles. The molecule has 0 unspecified atom stereocenters. The lowest BCUT2D eigenvalue weighted by Crippen LogP contribution is -2.49. The molecule has 6 nitrogen and oxygen atoms in total. The van der Waals surface area contributed by atoms with Crippen LogP contribution in [0.5, 0.6) is 5.75 Å². The summed E-state index contributed by atoms with van der Waals surface area (Å²) in [4.78, 5) is 30.4. The van der Waals surface area contributed by atoms with E-state index in [1.54, 1.807) is 16.0 Å². The van der Waals surface area contributed by atoms with Crippen LogP contribution in [0.2, 0.25) is 0 Å². The van der Waals surface area contributed by atoms with Gasteiger partial charge in [-0.25, -0.2) is 0 Å². The Kier molecular flexibility index (Phi) is 4.18. The van der Waals surface area contributed by atoms with Crippen LogP contribution in [0, 0.1) is 0 Å². The summed E-state index contributed by atoms with van der Waals surface area (Å²) in [6.45, 7) is 2.28. The summed E-state index contributed by atoms with van der Waals surface area (Å²) in [5.41, 5.74) is 0.895. The highest BCUT2D eigenvalue weighted by atomic mass is 16.5. The van der Waals surface area contributed by atoms with Crippen LogP contribution in [0.1, 0.15) is 0 Å². The van der Waals surface area contributed by atoms with Crippen molar-refractivity contribution in [2.75, 3.05) is 32.8 Å². The zero-order chi connectivity index (χ0) is 15.4. The van der Waals surface area contributed by atoms with E-state index in [0.29, 0.717) is 31.9 Å². The molecule has 1 aromatic carbocycles. The second kappa shape index (κ2) is 6.43. The van der Waals surface area contributed by atoms with Gasteiger partial charge in [0, 0.05) is 37.8 Å². The molecule has 2 aromatic rings. The fourth-order valence-electron chi connectivity index (χ4n) is 2.46. The minimum atomic E-state index is -0.0585. The number of carbonyl (C=O) groups is 2. The Balaban J connectivity index is 1.57. The minimum Gasteiger partial charge on any atom is -0.484 e. The summed E-state index contributed by atoms with van der Waals surface area (Å²) in [6.07, 6.45) is 2.56. The molecule has 0 spiro atoms. The van der Waals surface area contributed by atoms with E-state index < -0.39 is 0 Å². The Hall–Kier alpha value is -2.63. The van der Waals surface area contributed by atoms with Crippen molar-refractivity contribution in [3.8, 4) is 5.75 Å². The SMILES string of the molecule is O=CN1CCN(C(=O)COc2ccc3ncccc3c2)CC1. The predicted octanol–water partition coefficient (Wildman–Crippen LogP) is 0.914. The van der Waals surface area contributed by atoms with E-state index in [9.17, 15) is 9.59 Å². The first kappa shape index (κ1) is 14.3. The molecule has 0 atom stereocenters. The Morgan fingerprint density at radius 1 is 1.23 bits per heavy atom. The van der Waals surface area contributed by atoms with Crippen LogP contribution in [0.25, 0.3) is 10.9 Å². The van der Waals surface area contributed by atoms with Crippen LogP contribution < -0.4 is 4.74 Å². The molecule has 3 rings (SSSR count). The Labute approximate surface area is 128 Å². The van der Waals surface area contributed by atoms with Crippen LogP contribution in [0.3, 0.4) is 0 Å². The summed E-state index contributed by atoms with van der Waals surface area (Å²) in [5, 5.41) is 0.979. The van der Waals surface area contributed by atoms with Crippen molar-refractivity contribution in [1.82, 2.24) is 14.8 Å². The normalized spacial score (nSPS) is 14.9. The number of pyridine rings is 1. The molecule has 1 aliphatic heterocycles. The number of aromatic nitrogens is 1. The standard InChI is InChI=1S/C16H17N3O3/c20-12-18-6-8-19(9-7-18)16(21)11-22-14-3-4-15-13(10-14)2-1-5-17-15/h1-5,10,12H,6-9,11H2. The smallest absolute Gasteiger partial charge is 0.260 e. The molecule has 6 heteroatoms. The van der Waals surface area contributed by atoms with Gasteiger partial charge in [0.2, 0.25) is 6.41 Å². The number of ether oxygens (including phenoxy) is 1. The van der Waals surface area contributed by atoms with Gasteiger partial charge in [-0.3, -0.25) is 14.6 Å². The number of nitrogens with zero attached hydrogens (tertiary/aromatic N) is 3. The summed E-state index contributed by atoms with van der Waals surface area (Å²) in [7, 11) is 0. The molecular weight excluding hydrogens is 282 g/mol. The maximum Gasteiger partial charge on any atom is 0.260 e. The molecule has 1 aromatic heterocycles. The van der Waals surface area contributed by atoms with Crippen molar-refractivity contribution in [2.24, 2.45) is 0 Å². The maximum atomic E-state index is 12.1. The third kappa shape index (κ3) is 3.16. The molecule has 0 radical (unpaired) electrons. The highest BCUT2D eigenvalue weighted by Gasteiger charge is 2.20. The van der Waals surface area contributed by atoms with E-state index in [1.165, 1.54) is 0 Å². The third-order valence-corrected chi connectivity index (χ3v) is 3.75. The van der Waals surface area contributed by atoms with Gasteiger partial charge in [0.25, 0.3) is 5.91 Å². The average Bonchev–Trinajstić information content (AvgIpc) is 2.59. The van der Waals surface area contributed by atoms with Crippen LogP contribution in [0.4, 0.5) is 0 Å². The van der Waals surface area contributed by atoms with Crippen molar-refractivity contribution in [1.29, 1.82) is 0 Å². The first-order valence-corrected chi connectivity index (χ1v) is 7.21. The lowest BCUT2D eigenvalue weighted by atomic mass is 10.2. The second-order valence-corrected chi connectivity index (χ2v) is 5.17. The zero-order valence-corrected chi connectivity index (χ0v) is 12.1. The van der Waals surface area contributed by atoms with Crippen LogP contribution in [0.15, 0.2) is 36.5 Å². The van der Waals surface area contributed by atoms with Gasteiger partial charge >= 0.3 is 0 Å². The largest absolute Gasteiger partial charge is 0.484 e. The number of hydrogen-bond donors (Lipinski definition) is 0. The molecule has 1 fully saturated rings.